The highest BCUT2D eigenvalue weighted by Gasteiger charge is 2.16. The van der Waals surface area contributed by atoms with Gasteiger partial charge < -0.3 is 14.8 Å². The predicted molar refractivity (Wildman–Crippen MR) is 68.3 cm³/mol. The van der Waals surface area contributed by atoms with E-state index in [0.717, 1.165) is 7.11 Å². The highest BCUT2D eigenvalue weighted by atomic mass is 35.5. The highest BCUT2D eigenvalue weighted by molar-refractivity contribution is 6.30. The molecule has 19 heavy (non-hydrogen) atoms. The second kappa shape index (κ2) is 5.11. The number of nitrogens with zero attached hydrogens (tertiary/aromatic N) is 1. The number of carbonyl (C=O) groups excluding carboxylic acids is 1. The summed E-state index contributed by atoms with van der Waals surface area (Å²) >= 11 is 5.74. The zero-order valence-electron chi connectivity index (χ0n) is 9.81. The van der Waals surface area contributed by atoms with E-state index in [1.807, 2.05) is 0 Å². The number of aromatic nitrogens is 2. The van der Waals surface area contributed by atoms with E-state index < -0.39 is 17.4 Å². The summed E-state index contributed by atoms with van der Waals surface area (Å²) in [6.45, 7) is 0. The fraction of sp³-hybridized carbons (Fsp3) is 0.0833. The van der Waals surface area contributed by atoms with E-state index in [-0.39, 0.29) is 11.4 Å². The zero-order valence-corrected chi connectivity index (χ0v) is 10.6. The number of benzene rings is 1. The van der Waals surface area contributed by atoms with Gasteiger partial charge in [-0.25, -0.2) is 4.79 Å². The van der Waals surface area contributed by atoms with Gasteiger partial charge >= 0.3 is 5.97 Å². The first-order valence-electron chi connectivity index (χ1n) is 5.20. The summed E-state index contributed by atoms with van der Waals surface area (Å²) in [5, 5.41) is 10.3. The van der Waals surface area contributed by atoms with Crippen LogP contribution in [0.15, 0.2) is 29.1 Å². The van der Waals surface area contributed by atoms with Crippen molar-refractivity contribution in [3.63, 3.8) is 0 Å². The van der Waals surface area contributed by atoms with Gasteiger partial charge in [0, 0.05) is 5.02 Å². The second-order valence-electron chi connectivity index (χ2n) is 3.61. The van der Waals surface area contributed by atoms with E-state index >= 15 is 0 Å². The zero-order chi connectivity index (χ0) is 14.0. The maximum absolute atomic E-state index is 11.9. The Morgan fingerprint density at radius 3 is 2.53 bits per heavy atom. The Labute approximate surface area is 112 Å². The lowest BCUT2D eigenvalue weighted by Crippen LogP contribution is -2.18. The summed E-state index contributed by atoms with van der Waals surface area (Å²) in [6, 6.07) is 6.27. The van der Waals surface area contributed by atoms with Crippen LogP contribution in [0, 0.1) is 0 Å². The first-order chi connectivity index (χ1) is 9.02. The summed E-state index contributed by atoms with van der Waals surface area (Å²) in [5.41, 5.74) is -0.244. The maximum atomic E-state index is 11.9. The number of hydrogen-bond acceptors (Lipinski definition) is 5. The van der Waals surface area contributed by atoms with Gasteiger partial charge in [-0.3, -0.25) is 4.79 Å². The molecule has 0 amide bonds. The van der Waals surface area contributed by atoms with Gasteiger partial charge in [0.25, 0.3) is 5.56 Å². The molecule has 0 saturated carbocycles. The number of H-pyrrole nitrogens is 1. The first kappa shape index (κ1) is 13.1. The molecule has 0 fully saturated rings. The smallest absolute Gasteiger partial charge is 0.374 e. The number of nitrogens with one attached hydrogen (secondary N) is 1. The first-order valence-corrected chi connectivity index (χ1v) is 5.58. The number of aromatic amines is 1. The van der Waals surface area contributed by atoms with Crippen molar-refractivity contribution >= 4 is 17.6 Å². The summed E-state index contributed by atoms with van der Waals surface area (Å²) in [7, 11) is 1.15. The molecule has 0 unspecified atom stereocenters. The Hall–Kier alpha value is -2.34. The molecule has 0 aliphatic carbocycles. The molecule has 1 aromatic heterocycles. The van der Waals surface area contributed by atoms with Crippen LogP contribution in [0.5, 0.6) is 5.88 Å². The van der Waals surface area contributed by atoms with Gasteiger partial charge in [-0.1, -0.05) is 23.7 Å². The third kappa shape index (κ3) is 2.58. The van der Waals surface area contributed by atoms with Gasteiger partial charge in [0.15, 0.2) is 0 Å². The third-order valence-corrected chi connectivity index (χ3v) is 2.66. The molecule has 2 rings (SSSR count). The molecule has 98 valence electrons. The van der Waals surface area contributed by atoms with E-state index in [1.165, 1.54) is 0 Å². The lowest BCUT2D eigenvalue weighted by Gasteiger charge is -2.05. The van der Waals surface area contributed by atoms with Crippen molar-refractivity contribution in [2.45, 2.75) is 0 Å². The molecule has 2 N–H and O–H groups in total. The fourth-order valence-electron chi connectivity index (χ4n) is 1.53. The standard InChI is InChI=1S/C12H9ClN2O4/c1-19-12(18)9-14-10(16)8(11(17)15-9)6-2-4-7(13)5-3-6/h2-5H,1H3,(H2,14,15,16,17). The molecule has 1 aromatic carbocycles. The molecule has 2 aromatic rings. The van der Waals surface area contributed by atoms with Gasteiger partial charge in [0.1, 0.15) is 5.56 Å². The number of hydrogen-bond donors (Lipinski definition) is 2. The maximum Gasteiger partial charge on any atom is 0.374 e. The number of carbonyl (C=O) groups is 1. The van der Waals surface area contributed by atoms with Crippen molar-refractivity contribution in [1.29, 1.82) is 0 Å². The summed E-state index contributed by atoms with van der Waals surface area (Å²) < 4.78 is 4.41. The van der Waals surface area contributed by atoms with Crippen LogP contribution in [-0.4, -0.2) is 28.2 Å². The number of halogens is 1. The Kier molecular flexibility index (Phi) is 3.52. The van der Waals surface area contributed by atoms with Crippen LogP contribution >= 0.6 is 11.6 Å². The topological polar surface area (TPSA) is 92.3 Å². The minimum atomic E-state index is -0.838. The fourth-order valence-corrected chi connectivity index (χ4v) is 1.66. The number of methoxy groups -OCH3 is 1. The predicted octanol–water partition coefficient (Wildman–Crippen LogP) is 1.58. The average molecular weight is 281 g/mol. The van der Waals surface area contributed by atoms with E-state index in [4.69, 9.17) is 11.6 Å². The molecule has 0 spiro atoms. The summed E-state index contributed by atoms with van der Waals surface area (Å²) in [6.07, 6.45) is 0. The second-order valence-corrected chi connectivity index (χ2v) is 4.05. The lowest BCUT2D eigenvalue weighted by atomic mass is 10.1. The molecule has 0 aliphatic rings. The Morgan fingerprint density at radius 2 is 2.00 bits per heavy atom. The molecule has 0 atom stereocenters. The van der Waals surface area contributed by atoms with E-state index in [1.54, 1.807) is 24.3 Å². The van der Waals surface area contributed by atoms with Gasteiger partial charge in [-0.15, -0.1) is 0 Å². The highest BCUT2D eigenvalue weighted by Crippen LogP contribution is 2.24. The lowest BCUT2D eigenvalue weighted by molar-refractivity contribution is 0.0585. The van der Waals surface area contributed by atoms with Gasteiger partial charge in [-0.2, -0.15) is 4.98 Å². The van der Waals surface area contributed by atoms with Crippen LogP contribution in [-0.2, 0) is 4.74 Å². The molecular formula is C12H9ClN2O4. The number of rotatable bonds is 2. The molecule has 0 bridgehead atoms. The van der Waals surface area contributed by atoms with Crippen molar-refractivity contribution < 1.29 is 14.6 Å². The molecule has 1 heterocycles. The van der Waals surface area contributed by atoms with Crippen LogP contribution in [0.1, 0.15) is 10.6 Å². The normalized spacial score (nSPS) is 10.2. The average Bonchev–Trinajstić information content (AvgIpc) is 2.39. The third-order valence-electron chi connectivity index (χ3n) is 2.41. The van der Waals surface area contributed by atoms with Crippen LogP contribution in [0.4, 0.5) is 0 Å². The van der Waals surface area contributed by atoms with Gasteiger partial charge in [0.05, 0.1) is 7.11 Å². The quantitative estimate of drug-likeness (QED) is 0.815. The minimum Gasteiger partial charge on any atom is -0.493 e. The van der Waals surface area contributed by atoms with Crippen LogP contribution < -0.4 is 5.56 Å². The molecule has 0 radical (unpaired) electrons. The number of ether oxygens (including phenoxy) is 1. The van der Waals surface area contributed by atoms with Crippen molar-refractivity contribution in [2.75, 3.05) is 7.11 Å². The van der Waals surface area contributed by atoms with Gasteiger partial charge in [0.2, 0.25) is 11.7 Å². The Bertz CT molecular complexity index is 679. The van der Waals surface area contributed by atoms with E-state index in [9.17, 15) is 14.7 Å². The summed E-state index contributed by atoms with van der Waals surface area (Å²) in [4.78, 5) is 28.9. The summed E-state index contributed by atoms with van der Waals surface area (Å²) in [5.74, 6) is -1.75. The van der Waals surface area contributed by atoms with Crippen LogP contribution in [0.25, 0.3) is 11.1 Å². The number of esters is 1. The monoisotopic (exact) mass is 280 g/mol. The van der Waals surface area contributed by atoms with Crippen LogP contribution in [0.3, 0.4) is 0 Å². The molecule has 7 heteroatoms. The largest absolute Gasteiger partial charge is 0.493 e. The van der Waals surface area contributed by atoms with Crippen molar-refractivity contribution in [3.05, 3.63) is 45.5 Å². The van der Waals surface area contributed by atoms with Gasteiger partial charge in [-0.05, 0) is 17.7 Å². The molecular weight excluding hydrogens is 272 g/mol. The van der Waals surface area contributed by atoms with Crippen molar-refractivity contribution in [1.82, 2.24) is 9.97 Å². The minimum absolute atomic E-state index is 0.0377. The Morgan fingerprint density at radius 1 is 1.37 bits per heavy atom. The van der Waals surface area contributed by atoms with E-state index in [2.05, 4.69) is 14.7 Å². The van der Waals surface area contributed by atoms with Crippen LogP contribution in [0.2, 0.25) is 5.02 Å². The van der Waals surface area contributed by atoms with Crippen molar-refractivity contribution in [3.8, 4) is 17.0 Å². The molecule has 6 nitrogen and oxygen atoms in total. The van der Waals surface area contributed by atoms with E-state index in [0.29, 0.717) is 10.6 Å². The molecule has 0 saturated heterocycles. The Balaban J connectivity index is 2.57. The SMILES string of the molecule is COC(=O)c1nc(O)c(-c2ccc(Cl)cc2)c(=O)[nH]1. The van der Waals surface area contributed by atoms with Crippen molar-refractivity contribution in [2.24, 2.45) is 0 Å². The number of aromatic hydroxyl groups is 1. The molecule has 0 aliphatic heterocycles.